The van der Waals surface area contributed by atoms with Gasteiger partial charge in [-0.3, -0.25) is 0 Å². The highest BCUT2D eigenvalue weighted by Gasteiger charge is 2.27. The number of rotatable bonds is 10. The maximum atomic E-state index is 8.79. The molecule has 1 fully saturated rings. The third-order valence-corrected chi connectivity index (χ3v) is 4.42. The van der Waals surface area contributed by atoms with Crippen LogP contribution in [0.2, 0.25) is 0 Å². The SMILES string of the molecule is CCCNCC(C)(CC)CN1CCC(OCCO)CC1. The van der Waals surface area contributed by atoms with Crippen LogP contribution in [0.5, 0.6) is 0 Å². The van der Waals surface area contributed by atoms with Gasteiger partial charge in [0, 0.05) is 26.2 Å². The predicted octanol–water partition coefficient (Wildman–Crippen LogP) is 1.88. The summed E-state index contributed by atoms with van der Waals surface area (Å²) < 4.78 is 5.63. The van der Waals surface area contributed by atoms with Crippen LogP contribution in [0.3, 0.4) is 0 Å². The predicted molar refractivity (Wildman–Crippen MR) is 84.1 cm³/mol. The number of aliphatic hydroxyl groups excluding tert-OH is 1. The van der Waals surface area contributed by atoms with Gasteiger partial charge < -0.3 is 20.1 Å². The fourth-order valence-corrected chi connectivity index (χ4v) is 2.85. The van der Waals surface area contributed by atoms with E-state index in [1.165, 1.54) is 19.4 Å². The van der Waals surface area contributed by atoms with Crippen LogP contribution in [-0.4, -0.2) is 62.0 Å². The molecular weight excluding hydrogens is 252 g/mol. The number of aliphatic hydroxyl groups is 1. The maximum absolute atomic E-state index is 8.79. The first-order valence-electron chi connectivity index (χ1n) is 8.29. The van der Waals surface area contributed by atoms with Gasteiger partial charge in [0.05, 0.1) is 19.3 Å². The van der Waals surface area contributed by atoms with Gasteiger partial charge >= 0.3 is 0 Å². The number of ether oxygens (including phenoxy) is 1. The van der Waals surface area contributed by atoms with Gasteiger partial charge in [0.25, 0.3) is 0 Å². The molecule has 1 saturated heterocycles. The molecule has 0 aromatic heterocycles. The van der Waals surface area contributed by atoms with Gasteiger partial charge in [-0.25, -0.2) is 0 Å². The molecule has 0 saturated carbocycles. The average molecular weight is 286 g/mol. The molecule has 2 N–H and O–H groups in total. The Bertz CT molecular complexity index is 243. The molecule has 4 nitrogen and oxygen atoms in total. The van der Waals surface area contributed by atoms with Crippen molar-refractivity contribution >= 4 is 0 Å². The Hall–Kier alpha value is -0.160. The Kier molecular flexibility index (Phi) is 8.69. The van der Waals surface area contributed by atoms with Crippen LogP contribution in [0.15, 0.2) is 0 Å². The highest BCUT2D eigenvalue weighted by Crippen LogP contribution is 2.24. The largest absolute Gasteiger partial charge is 0.394 e. The smallest absolute Gasteiger partial charge is 0.0701 e. The van der Waals surface area contributed by atoms with Crippen molar-refractivity contribution in [2.45, 2.75) is 52.6 Å². The Morgan fingerprint density at radius 2 is 2.00 bits per heavy atom. The van der Waals surface area contributed by atoms with E-state index in [4.69, 9.17) is 9.84 Å². The van der Waals surface area contributed by atoms with Gasteiger partial charge in [0.1, 0.15) is 0 Å². The van der Waals surface area contributed by atoms with E-state index in [1.54, 1.807) is 0 Å². The van der Waals surface area contributed by atoms with Crippen molar-refractivity contribution in [1.29, 1.82) is 0 Å². The molecule has 1 aliphatic heterocycles. The van der Waals surface area contributed by atoms with E-state index in [2.05, 4.69) is 31.0 Å². The second kappa shape index (κ2) is 9.72. The lowest BCUT2D eigenvalue weighted by Crippen LogP contribution is -2.46. The van der Waals surface area contributed by atoms with Crippen molar-refractivity contribution < 1.29 is 9.84 Å². The molecule has 0 aromatic rings. The van der Waals surface area contributed by atoms with Crippen molar-refractivity contribution in [1.82, 2.24) is 10.2 Å². The first-order valence-corrected chi connectivity index (χ1v) is 8.29. The van der Waals surface area contributed by atoms with Crippen molar-refractivity contribution in [2.24, 2.45) is 5.41 Å². The molecule has 1 unspecified atom stereocenters. The maximum Gasteiger partial charge on any atom is 0.0701 e. The molecule has 1 heterocycles. The Labute approximate surface area is 124 Å². The van der Waals surface area contributed by atoms with Gasteiger partial charge in [-0.1, -0.05) is 20.8 Å². The fourth-order valence-electron chi connectivity index (χ4n) is 2.85. The fraction of sp³-hybridized carbons (Fsp3) is 1.00. The minimum atomic E-state index is 0.136. The number of piperidine rings is 1. The van der Waals surface area contributed by atoms with Crippen molar-refractivity contribution in [3.63, 3.8) is 0 Å². The van der Waals surface area contributed by atoms with Gasteiger partial charge in [-0.2, -0.15) is 0 Å². The highest BCUT2D eigenvalue weighted by atomic mass is 16.5. The molecule has 0 bridgehead atoms. The Morgan fingerprint density at radius 1 is 1.30 bits per heavy atom. The Morgan fingerprint density at radius 3 is 2.55 bits per heavy atom. The van der Waals surface area contributed by atoms with E-state index < -0.39 is 0 Å². The summed E-state index contributed by atoms with van der Waals surface area (Å²) in [5.74, 6) is 0. The molecule has 20 heavy (non-hydrogen) atoms. The van der Waals surface area contributed by atoms with E-state index >= 15 is 0 Å². The lowest BCUT2D eigenvalue weighted by molar-refractivity contribution is -0.0141. The number of hydrogen-bond donors (Lipinski definition) is 2. The lowest BCUT2D eigenvalue weighted by atomic mass is 9.86. The number of nitrogens with zero attached hydrogens (tertiary/aromatic N) is 1. The minimum Gasteiger partial charge on any atom is -0.394 e. The van der Waals surface area contributed by atoms with Crippen molar-refractivity contribution in [3.8, 4) is 0 Å². The molecule has 0 aromatic carbocycles. The van der Waals surface area contributed by atoms with Gasteiger partial charge in [-0.15, -0.1) is 0 Å². The average Bonchev–Trinajstić information content (AvgIpc) is 2.47. The van der Waals surface area contributed by atoms with Crippen LogP contribution in [0.4, 0.5) is 0 Å². The van der Waals surface area contributed by atoms with Crippen molar-refractivity contribution in [3.05, 3.63) is 0 Å². The molecule has 1 aliphatic rings. The topological polar surface area (TPSA) is 44.7 Å². The summed E-state index contributed by atoms with van der Waals surface area (Å²) in [4.78, 5) is 2.58. The van der Waals surface area contributed by atoms with Gasteiger partial charge in [-0.05, 0) is 37.6 Å². The van der Waals surface area contributed by atoms with Crippen LogP contribution in [-0.2, 0) is 4.74 Å². The van der Waals surface area contributed by atoms with E-state index in [1.807, 2.05) is 0 Å². The summed E-state index contributed by atoms with van der Waals surface area (Å²) in [6, 6.07) is 0. The zero-order valence-corrected chi connectivity index (χ0v) is 13.7. The van der Waals surface area contributed by atoms with Gasteiger partial charge in [0.2, 0.25) is 0 Å². The first-order chi connectivity index (χ1) is 9.63. The third-order valence-electron chi connectivity index (χ3n) is 4.42. The number of likely N-dealkylation sites (tertiary alicyclic amines) is 1. The zero-order valence-electron chi connectivity index (χ0n) is 13.7. The van der Waals surface area contributed by atoms with Crippen LogP contribution < -0.4 is 5.32 Å². The third kappa shape index (κ3) is 6.53. The molecule has 0 radical (unpaired) electrons. The van der Waals surface area contributed by atoms with Gasteiger partial charge in [0.15, 0.2) is 0 Å². The molecule has 120 valence electrons. The summed E-state index contributed by atoms with van der Waals surface area (Å²) in [6.07, 6.45) is 4.96. The van der Waals surface area contributed by atoms with Crippen LogP contribution in [0, 0.1) is 5.41 Å². The van der Waals surface area contributed by atoms with Crippen LogP contribution in [0.25, 0.3) is 0 Å². The first kappa shape index (κ1) is 17.9. The normalized spacial score (nSPS) is 21.0. The molecule has 4 heteroatoms. The molecular formula is C16H34N2O2. The van der Waals surface area contributed by atoms with Crippen LogP contribution in [0.1, 0.15) is 46.5 Å². The molecule has 1 atom stereocenters. The van der Waals surface area contributed by atoms with E-state index in [0.717, 1.165) is 39.0 Å². The zero-order chi connectivity index (χ0) is 14.8. The second-order valence-corrected chi connectivity index (χ2v) is 6.41. The molecule has 0 aliphatic carbocycles. The summed E-state index contributed by atoms with van der Waals surface area (Å²) in [5.41, 5.74) is 0.369. The number of nitrogens with one attached hydrogen (secondary N) is 1. The quantitative estimate of drug-likeness (QED) is 0.602. The molecule has 0 amide bonds. The summed E-state index contributed by atoms with van der Waals surface area (Å²) in [7, 11) is 0. The second-order valence-electron chi connectivity index (χ2n) is 6.41. The summed E-state index contributed by atoms with van der Waals surface area (Å²) >= 11 is 0. The monoisotopic (exact) mass is 286 g/mol. The van der Waals surface area contributed by atoms with Crippen LogP contribution >= 0.6 is 0 Å². The van der Waals surface area contributed by atoms with E-state index in [9.17, 15) is 0 Å². The molecule has 0 spiro atoms. The summed E-state index contributed by atoms with van der Waals surface area (Å²) in [6.45, 7) is 13.2. The van der Waals surface area contributed by atoms with E-state index in [0.29, 0.717) is 18.1 Å². The Balaban J connectivity index is 2.29. The number of hydrogen-bond acceptors (Lipinski definition) is 4. The summed E-state index contributed by atoms with van der Waals surface area (Å²) in [5, 5.41) is 12.4. The van der Waals surface area contributed by atoms with E-state index in [-0.39, 0.29) is 6.61 Å². The molecule has 1 rings (SSSR count). The van der Waals surface area contributed by atoms with Crippen molar-refractivity contribution in [2.75, 3.05) is 45.9 Å². The minimum absolute atomic E-state index is 0.136. The standard InChI is InChI=1S/C16H34N2O2/c1-4-8-17-13-16(3,5-2)14-18-9-6-15(7-10-18)20-12-11-19/h15,17,19H,4-14H2,1-3H3. The lowest BCUT2D eigenvalue weighted by Gasteiger charge is -2.39. The highest BCUT2D eigenvalue weighted by molar-refractivity contribution is 4.82.